The van der Waals surface area contributed by atoms with Crippen molar-refractivity contribution in [3.8, 4) is 5.75 Å². The van der Waals surface area contributed by atoms with Gasteiger partial charge >= 0.3 is 6.09 Å². The number of rotatable bonds is 7. The van der Waals surface area contributed by atoms with Gasteiger partial charge in [-0.1, -0.05) is 46.3 Å². The van der Waals surface area contributed by atoms with Crippen molar-refractivity contribution in [1.29, 1.82) is 0 Å². The lowest BCUT2D eigenvalue weighted by Gasteiger charge is -2.39. The molecule has 6 nitrogen and oxygen atoms in total. The summed E-state index contributed by atoms with van der Waals surface area (Å²) in [5, 5.41) is 0. The van der Waals surface area contributed by atoms with Gasteiger partial charge < -0.3 is 19.3 Å². The first kappa shape index (κ1) is 24.6. The van der Waals surface area contributed by atoms with Gasteiger partial charge in [-0.25, -0.2) is 4.79 Å². The van der Waals surface area contributed by atoms with Gasteiger partial charge in [-0.15, -0.1) is 0 Å². The lowest BCUT2D eigenvalue weighted by molar-refractivity contribution is -0.136. The highest BCUT2D eigenvalue weighted by atomic mass is 79.9. The van der Waals surface area contributed by atoms with Gasteiger partial charge in [0.25, 0.3) is 0 Å². The molecule has 0 aromatic heterocycles. The summed E-state index contributed by atoms with van der Waals surface area (Å²) in [4.78, 5) is 29.9. The average Bonchev–Trinajstić information content (AvgIpc) is 3.56. The normalized spacial score (nSPS) is 22.3. The Balaban J connectivity index is 1.37. The molecule has 1 unspecified atom stereocenters. The molecule has 2 aromatic rings. The lowest BCUT2D eigenvalue weighted by atomic mass is 10.0. The highest BCUT2D eigenvalue weighted by molar-refractivity contribution is 9.10. The minimum Gasteiger partial charge on any atom is -0.492 e. The van der Waals surface area contributed by atoms with Crippen molar-refractivity contribution in [1.82, 2.24) is 9.80 Å². The molecule has 2 fully saturated rings. The quantitative estimate of drug-likeness (QED) is 0.468. The number of hydrogen-bond donors (Lipinski definition) is 0. The van der Waals surface area contributed by atoms with Crippen molar-refractivity contribution in [3.63, 3.8) is 0 Å². The number of carbonyl (C=O) groups is 2. The zero-order chi connectivity index (χ0) is 24.3. The molecule has 34 heavy (non-hydrogen) atoms. The maximum absolute atomic E-state index is 13.2. The molecule has 0 spiro atoms. The first-order valence-electron chi connectivity index (χ1n) is 11.9. The van der Waals surface area contributed by atoms with E-state index in [2.05, 4.69) is 28.1 Å². The molecule has 2 aliphatic rings. The molecular weight excluding hydrogens is 496 g/mol. The number of hydrogen-bond acceptors (Lipinski definition) is 4. The summed E-state index contributed by atoms with van der Waals surface area (Å²) >= 11 is 3.41. The van der Waals surface area contributed by atoms with Crippen LogP contribution in [0.4, 0.5) is 4.79 Å². The predicted octanol–water partition coefficient (Wildman–Crippen LogP) is 5.61. The fraction of sp³-hybridized carbons (Fsp3) is 0.481. The van der Waals surface area contributed by atoms with Crippen LogP contribution in [0.3, 0.4) is 0 Å². The summed E-state index contributed by atoms with van der Waals surface area (Å²) in [5.74, 6) is 1.13. The Hall–Kier alpha value is -2.54. The van der Waals surface area contributed by atoms with Gasteiger partial charge in [-0.3, -0.25) is 4.79 Å². The van der Waals surface area contributed by atoms with E-state index >= 15 is 0 Å². The molecule has 0 radical (unpaired) electrons. The standard InChI is InChI=1S/C27H33BrN2O4/c1-27(2,3)34-26(32)30(24-18-23(24)19-7-5-4-6-8-19)21-13-14-29(25(31)17-21)15-16-33-22-11-9-20(28)10-12-22/h4-12,21,23-24H,13-18H2,1-3H3/t21?,23-,24+/m0/s1. The number of piperidine rings is 1. The van der Waals surface area contributed by atoms with E-state index in [-0.39, 0.29) is 24.1 Å². The second-order valence-corrected chi connectivity index (χ2v) is 11.0. The van der Waals surface area contributed by atoms with Crippen LogP contribution in [0.2, 0.25) is 0 Å². The van der Waals surface area contributed by atoms with Gasteiger partial charge in [0.2, 0.25) is 5.91 Å². The number of halogens is 1. The molecule has 4 rings (SSSR count). The van der Waals surface area contributed by atoms with Crippen molar-refractivity contribution >= 4 is 27.9 Å². The number of benzene rings is 2. The number of nitrogens with zero attached hydrogens (tertiary/aromatic N) is 2. The van der Waals surface area contributed by atoms with Crippen molar-refractivity contribution in [3.05, 3.63) is 64.6 Å². The topological polar surface area (TPSA) is 59.1 Å². The van der Waals surface area contributed by atoms with Crippen molar-refractivity contribution in [2.45, 2.75) is 63.6 Å². The summed E-state index contributed by atoms with van der Waals surface area (Å²) in [5.41, 5.74) is 0.650. The molecule has 0 bridgehead atoms. The zero-order valence-electron chi connectivity index (χ0n) is 20.1. The summed E-state index contributed by atoms with van der Waals surface area (Å²) in [6.45, 7) is 7.21. The van der Waals surface area contributed by atoms with Gasteiger partial charge in [0.1, 0.15) is 18.0 Å². The smallest absolute Gasteiger partial charge is 0.410 e. The van der Waals surface area contributed by atoms with Gasteiger partial charge in [0.15, 0.2) is 0 Å². The van der Waals surface area contributed by atoms with Gasteiger partial charge in [-0.2, -0.15) is 0 Å². The molecule has 1 aliphatic carbocycles. The Morgan fingerprint density at radius 1 is 1.12 bits per heavy atom. The molecule has 0 N–H and O–H groups in total. The third-order valence-corrected chi connectivity index (χ3v) is 6.81. The Bertz CT molecular complexity index is 990. The molecular formula is C27H33BrN2O4. The summed E-state index contributed by atoms with van der Waals surface area (Å²) in [6, 6.07) is 17.9. The van der Waals surface area contributed by atoms with Crippen LogP contribution in [-0.4, -0.2) is 59.2 Å². The summed E-state index contributed by atoms with van der Waals surface area (Å²) in [6.07, 6.45) is 1.64. The maximum atomic E-state index is 13.2. The SMILES string of the molecule is CC(C)(C)OC(=O)N(C1CCN(CCOc2ccc(Br)cc2)C(=O)C1)[C@@H]1C[C@H]1c1ccccc1. The van der Waals surface area contributed by atoms with Crippen LogP contribution in [0.1, 0.15) is 51.5 Å². The number of carbonyl (C=O) groups excluding carboxylic acids is 2. The van der Waals surface area contributed by atoms with E-state index in [4.69, 9.17) is 9.47 Å². The third-order valence-electron chi connectivity index (χ3n) is 6.28. The number of amides is 2. The Morgan fingerprint density at radius 2 is 1.82 bits per heavy atom. The van der Waals surface area contributed by atoms with Crippen LogP contribution in [0, 0.1) is 0 Å². The molecule has 1 saturated carbocycles. The van der Waals surface area contributed by atoms with E-state index in [1.165, 1.54) is 5.56 Å². The van der Waals surface area contributed by atoms with Crippen LogP contribution < -0.4 is 4.74 Å². The van der Waals surface area contributed by atoms with Crippen LogP contribution in [0.5, 0.6) is 5.75 Å². The minimum absolute atomic E-state index is 0.0566. The van der Waals surface area contributed by atoms with Crippen LogP contribution in [0.25, 0.3) is 0 Å². The molecule has 182 valence electrons. The third kappa shape index (κ3) is 6.32. The Morgan fingerprint density at radius 3 is 2.47 bits per heavy atom. The molecule has 2 aromatic carbocycles. The van der Waals surface area contributed by atoms with Crippen molar-refractivity contribution < 1.29 is 19.1 Å². The largest absolute Gasteiger partial charge is 0.492 e. The Labute approximate surface area is 210 Å². The van der Waals surface area contributed by atoms with Gasteiger partial charge in [0, 0.05) is 35.4 Å². The minimum atomic E-state index is -0.582. The molecule has 2 amide bonds. The first-order chi connectivity index (χ1) is 16.2. The molecule has 7 heteroatoms. The van der Waals surface area contributed by atoms with E-state index in [1.807, 2.05) is 73.0 Å². The molecule has 1 heterocycles. The first-order valence-corrected chi connectivity index (χ1v) is 12.7. The van der Waals surface area contributed by atoms with E-state index in [0.29, 0.717) is 32.0 Å². The highest BCUT2D eigenvalue weighted by Gasteiger charge is 2.49. The number of likely N-dealkylation sites (tertiary alicyclic amines) is 1. The maximum Gasteiger partial charge on any atom is 0.410 e. The van der Waals surface area contributed by atoms with Crippen molar-refractivity contribution in [2.75, 3.05) is 19.7 Å². The van der Waals surface area contributed by atoms with Crippen LogP contribution >= 0.6 is 15.9 Å². The summed E-state index contributed by atoms with van der Waals surface area (Å²) in [7, 11) is 0. The van der Waals surface area contributed by atoms with E-state index in [9.17, 15) is 9.59 Å². The monoisotopic (exact) mass is 528 g/mol. The number of ether oxygens (including phenoxy) is 2. The molecule has 1 saturated heterocycles. The van der Waals surface area contributed by atoms with Crippen LogP contribution in [0.15, 0.2) is 59.1 Å². The zero-order valence-corrected chi connectivity index (χ0v) is 21.7. The fourth-order valence-corrected chi connectivity index (χ4v) is 4.82. The second kappa shape index (κ2) is 10.4. The average molecular weight is 529 g/mol. The lowest BCUT2D eigenvalue weighted by Crippen LogP contribution is -2.52. The van der Waals surface area contributed by atoms with E-state index in [0.717, 1.165) is 23.1 Å². The Kier molecular flexibility index (Phi) is 7.51. The van der Waals surface area contributed by atoms with Gasteiger partial charge in [0.05, 0.1) is 6.54 Å². The van der Waals surface area contributed by atoms with E-state index < -0.39 is 5.60 Å². The molecule has 1 aliphatic heterocycles. The van der Waals surface area contributed by atoms with E-state index in [1.54, 1.807) is 0 Å². The second-order valence-electron chi connectivity index (χ2n) is 10.0. The fourth-order valence-electron chi connectivity index (χ4n) is 4.56. The molecule has 3 atom stereocenters. The van der Waals surface area contributed by atoms with Gasteiger partial charge in [-0.05, 0) is 63.4 Å². The highest BCUT2D eigenvalue weighted by Crippen LogP contribution is 2.46. The predicted molar refractivity (Wildman–Crippen MR) is 135 cm³/mol. The van der Waals surface area contributed by atoms with Crippen LogP contribution in [-0.2, 0) is 9.53 Å². The van der Waals surface area contributed by atoms with Crippen molar-refractivity contribution in [2.24, 2.45) is 0 Å². The summed E-state index contributed by atoms with van der Waals surface area (Å²) < 4.78 is 12.6.